The molecule has 0 spiro atoms. The highest BCUT2D eigenvalue weighted by atomic mass is 15.2. The summed E-state index contributed by atoms with van der Waals surface area (Å²) < 4.78 is 0. The third-order valence-corrected chi connectivity index (χ3v) is 3.34. The summed E-state index contributed by atoms with van der Waals surface area (Å²) in [7, 11) is 0. The monoisotopic (exact) mass is 209 g/mol. The topological polar surface area (TPSA) is 92.7 Å². The number of hydrazine groups is 1. The average Bonchev–Trinajstić information content (AvgIpc) is 2.68. The number of rotatable bonds is 3. The van der Waals surface area contributed by atoms with Crippen LogP contribution in [0.1, 0.15) is 43.7 Å². The molecule has 0 amide bonds. The van der Waals surface area contributed by atoms with Gasteiger partial charge in [0.05, 0.1) is 12.2 Å². The van der Waals surface area contributed by atoms with E-state index in [9.17, 15) is 0 Å². The van der Waals surface area contributed by atoms with E-state index in [4.69, 9.17) is 11.6 Å². The predicted molar refractivity (Wildman–Crippen MR) is 59.6 cm³/mol. The standard InChI is InChI=1S/C10H19N5/c11-10-8(6-13-15-10)9(14-12)7-4-2-1-3-5-7/h6-7,9,14H,1-5,12H2,(H3,11,13,15). The number of nitrogen functional groups attached to an aromatic ring is 1. The maximum absolute atomic E-state index is 5.81. The van der Waals surface area contributed by atoms with Crippen molar-refractivity contribution < 1.29 is 0 Å². The molecule has 5 heteroatoms. The van der Waals surface area contributed by atoms with Crippen LogP contribution in [0, 0.1) is 5.92 Å². The molecule has 0 radical (unpaired) electrons. The number of hydrogen-bond donors (Lipinski definition) is 4. The Kier molecular flexibility index (Phi) is 3.23. The minimum atomic E-state index is 0.143. The Labute approximate surface area is 89.6 Å². The lowest BCUT2D eigenvalue weighted by Gasteiger charge is -2.29. The maximum Gasteiger partial charge on any atom is 0.123 e. The fourth-order valence-electron chi connectivity index (χ4n) is 2.50. The number of nitrogens with one attached hydrogen (secondary N) is 2. The number of hydrogen-bond acceptors (Lipinski definition) is 4. The molecule has 0 aliphatic heterocycles. The number of nitrogens with zero attached hydrogens (tertiary/aromatic N) is 1. The molecule has 1 aromatic rings. The zero-order valence-corrected chi connectivity index (χ0v) is 8.87. The highest BCUT2D eigenvalue weighted by molar-refractivity contribution is 5.39. The van der Waals surface area contributed by atoms with Gasteiger partial charge in [-0.05, 0) is 18.8 Å². The van der Waals surface area contributed by atoms with Gasteiger partial charge < -0.3 is 5.73 Å². The summed E-state index contributed by atoms with van der Waals surface area (Å²) >= 11 is 0. The van der Waals surface area contributed by atoms with Crippen LogP contribution in [0.4, 0.5) is 5.82 Å². The Morgan fingerprint density at radius 1 is 1.40 bits per heavy atom. The molecule has 2 rings (SSSR count). The summed E-state index contributed by atoms with van der Waals surface area (Å²) in [6.07, 6.45) is 8.14. The first-order valence-corrected chi connectivity index (χ1v) is 5.58. The van der Waals surface area contributed by atoms with Crippen molar-refractivity contribution in [2.24, 2.45) is 11.8 Å². The van der Waals surface area contributed by atoms with Gasteiger partial charge in [-0.2, -0.15) is 5.10 Å². The Balaban J connectivity index is 2.12. The van der Waals surface area contributed by atoms with Crippen molar-refractivity contribution in [1.29, 1.82) is 0 Å². The number of H-pyrrole nitrogens is 1. The molecule has 84 valence electrons. The van der Waals surface area contributed by atoms with Gasteiger partial charge in [0.2, 0.25) is 0 Å². The minimum absolute atomic E-state index is 0.143. The Morgan fingerprint density at radius 2 is 2.13 bits per heavy atom. The summed E-state index contributed by atoms with van der Waals surface area (Å²) in [6.45, 7) is 0. The summed E-state index contributed by atoms with van der Waals surface area (Å²) in [4.78, 5) is 0. The molecule has 1 unspecified atom stereocenters. The van der Waals surface area contributed by atoms with Gasteiger partial charge in [-0.25, -0.2) is 0 Å². The van der Waals surface area contributed by atoms with E-state index in [0.29, 0.717) is 11.7 Å². The van der Waals surface area contributed by atoms with Gasteiger partial charge >= 0.3 is 0 Å². The Hall–Kier alpha value is -1.07. The van der Waals surface area contributed by atoms with Crippen LogP contribution in [-0.4, -0.2) is 10.2 Å². The van der Waals surface area contributed by atoms with E-state index in [2.05, 4.69) is 15.6 Å². The van der Waals surface area contributed by atoms with E-state index in [-0.39, 0.29) is 6.04 Å². The molecule has 1 aliphatic rings. The van der Waals surface area contributed by atoms with E-state index < -0.39 is 0 Å². The lowest BCUT2D eigenvalue weighted by molar-refractivity contribution is 0.274. The van der Waals surface area contributed by atoms with E-state index >= 15 is 0 Å². The van der Waals surface area contributed by atoms with Crippen molar-refractivity contribution in [2.75, 3.05) is 5.73 Å². The molecule has 6 N–H and O–H groups in total. The second-order valence-electron chi connectivity index (χ2n) is 4.28. The molecule has 5 nitrogen and oxygen atoms in total. The number of aromatic amines is 1. The first kappa shape index (κ1) is 10.4. The molecule has 1 saturated carbocycles. The van der Waals surface area contributed by atoms with E-state index in [1.54, 1.807) is 6.20 Å². The number of aromatic nitrogens is 2. The van der Waals surface area contributed by atoms with E-state index in [0.717, 1.165) is 5.56 Å². The van der Waals surface area contributed by atoms with Crippen LogP contribution in [0.25, 0.3) is 0 Å². The van der Waals surface area contributed by atoms with Crippen LogP contribution in [0.5, 0.6) is 0 Å². The van der Waals surface area contributed by atoms with Crippen LogP contribution < -0.4 is 17.0 Å². The third-order valence-electron chi connectivity index (χ3n) is 3.34. The van der Waals surface area contributed by atoms with Crippen molar-refractivity contribution >= 4 is 5.82 Å². The fourth-order valence-corrected chi connectivity index (χ4v) is 2.50. The van der Waals surface area contributed by atoms with Gasteiger partial charge in [0.1, 0.15) is 5.82 Å². The molecule has 0 aromatic carbocycles. The van der Waals surface area contributed by atoms with Crippen LogP contribution in [0.3, 0.4) is 0 Å². The van der Waals surface area contributed by atoms with Gasteiger partial charge in [0.25, 0.3) is 0 Å². The molecular weight excluding hydrogens is 190 g/mol. The van der Waals surface area contributed by atoms with Gasteiger partial charge in [0.15, 0.2) is 0 Å². The number of anilines is 1. The Morgan fingerprint density at radius 3 is 2.67 bits per heavy atom. The molecular formula is C10H19N5. The van der Waals surface area contributed by atoms with Crippen LogP contribution in [0.15, 0.2) is 6.20 Å². The SMILES string of the molecule is NNC(c1cn[nH]c1N)C1CCCCC1. The molecule has 1 heterocycles. The third kappa shape index (κ3) is 2.13. The molecule has 0 saturated heterocycles. The zero-order valence-electron chi connectivity index (χ0n) is 8.87. The van der Waals surface area contributed by atoms with E-state index in [1.807, 2.05) is 0 Å². The van der Waals surface area contributed by atoms with Gasteiger partial charge in [-0.15, -0.1) is 0 Å². The first-order chi connectivity index (χ1) is 7.33. The average molecular weight is 209 g/mol. The second-order valence-corrected chi connectivity index (χ2v) is 4.28. The van der Waals surface area contributed by atoms with Crippen molar-refractivity contribution in [1.82, 2.24) is 15.6 Å². The maximum atomic E-state index is 5.81. The molecule has 0 bridgehead atoms. The predicted octanol–water partition coefficient (Wildman–Crippen LogP) is 1.08. The van der Waals surface area contributed by atoms with E-state index in [1.165, 1.54) is 32.1 Å². The van der Waals surface area contributed by atoms with Crippen LogP contribution >= 0.6 is 0 Å². The normalized spacial score (nSPS) is 20.3. The van der Waals surface area contributed by atoms with Gasteiger partial charge in [-0.1, -0.05) is 19.3 Å². The lowest BCUT2D eigenvalue weighted by atomic mass is 9.82. The van der Waals surface area contributed by atoms with Crippen molar-refractivity contribution in [3.63, 3.8) is 0 Å². The summed E-state index contributed by atoms with van der Waals surface area (Å²) in [5.41, 5.74) is 9.69. The molecule has 1 aliphatic carbocycles. The lowest BCUT2D eigenvalue weighted by Crippen LogP contribution is -2.34. The molecule has 15 heavy (non-hydrogen) atoms. The molecule has 1 fully saturated rings. The van der Waals surface area contributed by atoms with Crippen molar-refractivity contribution in [3.05, 3.63) is 11.8 Å². The van der Waals surface area contributed by atoms with Gasteiger partial charge in [-0.3, -0.25) is 16.4 Å². The zero-order chi connectivity index (χ0) is 10.7. The summed E-state index contributed by atoms with van der Waals surface area (Å²) in [6, 6.07) is 0.143. The fraction of sp³-hybridized carbons (Fsp3) is 0.700. The second kappa shape index (κ2) is 4.63. The smallest absolute Gasteiger partial charge is 0.123 e. The van der Waals surface area contributed by atoms with Gasteiger partial charge in [0, 0.05) is 5.56 Å². The van der Waals surface area contributed by atoms with Crippen LogP contribution in [-0.2, 0) is 0 Å². The summed E-state index contributed by atoms with van der Waals surface area (Å²) in [5.74, 6) is 6.83. The highest BCUT2D eigenvalue weighted by Crippen LogP contribution is 2.35. The Bertz CT molecular complexity index is 303. The van der Waals surface area contributed by atoms with Crippen molar-refractivity contribution in [3.8, 4) is 0 Å². The first-order valence-electron chi connectivity index (χ1n) is 5.58. The minimum Gasteiger partial charge on any atom is -0.384 e. The summed E-state index contributed by atoms with van der Waals surface area (Å²) in [5, 5.41) is 6.69. The largest absolute Gasteiger partial charge is 0.384 e. The van der Waals surface area contributed by atoms with Crippen LogP contribution in [0.2, 0.25) is 0 Å². The van der Waals surface area contributed by atoms with Crippen molar-refractivity contribution in [2.45, 2.75) is 38.1 Å². The quantitative estimate of drug-likeness (QED) is 0.442. The molecule has 1 atom stereocenters. The number of nitrogens with two attached hydrogens (primary N) is 2. The molecule has 1 aromatic heterocycles. The highest BCUT2D eigenvalue weighted by Gasteiger charge is 2.26.